The Morgan fingerprint density at radius 3 is 2.76 bits per heavy atom. The lowest BCUT2D eigenvalue weighted by molar-refractivity contribution is -0.137. The highest BCUT2D eigenvalue weighted by Gasteiger charge is 2.31. The van der Waals surface area contributed by atoms with Crippen molar-refractivity contribution in [2.75, 3.05) is 6.54 Å². The van der Waals surface area contributed by atoms with Crippen molar-refractivity contribution in [1.29, 1.82) is 0 Å². The Morgan fingerprint density at radius 1 is 1.33 bits per heavy atom. The molecular formula is C16H20F3NO. The largest absolute Gasteiger partial charge is 0.416 e. The van der Waals surface area contributed by atoms with Crippen molar-refractivity contribution < 1.29 is 18.0 Å². The summed E-state index contributed by atoms with van der Waals surface area (Å²) >= 11 is 0. The van der Waals surface area contributed by atoms with E-state index in [4.69, 9.17) is 0 Å². The maximum absolute atomic E-state index is 12.7. The van der Waals surface area contributed by atoms with Gasteiger partial charge in [0.25, 0.3) is 0 Å². The Morgan fingerprint density at radius 2 is 2.10 bits per heavy atom. The van der Waals surface area contributed by atoms with Crippen LogP contribution in [-0.2, 0) is 17.5 Å². The third-order valence-electron chi connectivity index (χ3n) is 3.91. The van der Waals surface area contributed by atoms with E-state index in [0.29, 0.717) is 18.5 Å². The molecule has 0 bridgehead atoms. The van der Waals surface area contributed by atoms with Gasteiger partial charge in [-0.15, -0.1) is 0 Å². The van der Waals surface area contributed by atoms with E-state index in [2.05, 4.69) is 4.90 Å². The van der Waals surface area contributed by atoms with Gasteiger partial charge in [0.05, 0.1) is 5.56 Å². The molecule has 1 fully saturated rings. The first-order valence-electron chi connectivity index (χ1n) is 7.26. The summed E-state index contributed by atoms with van der Waals surface area (Å²) in [6.07, 6.45) is -0.765. The molecule has 1 aliphatic rings. The van der Waals surface area contributed by atoms with Gasteiger partial charge in [-0.1, -0.05) is 24.6 Å². The van der Waals surface area contributed by atoms with Gasteiger partial charge in [0.2, 0.25) is 0 Å². The first-order valence-corrected chi connectivity index (χ1v) is 7.26. The molecule has 0 N–H and O–H groups in total. The smallest absolute Gasteiger partial charge is 0.300 e. The molecule has 1 heterocycles. The summed E-state index contributed by atoms with van der Waals surface area (Å²) < 4.78 is 38.2. The minimum Gasteiger partial charge on any atom is -0.300 e. The normalized spacial score (nSPS) is 20.5. The predicted molar refractivity (Wildman–Crippen MR) is 74.8 cm³/mol. The van der Waals surface area contributed by atoms with E-state index >= 15 is 0 Å². The fraction of sp³-hybridized carbons (Fsp3) is 0.562. The molecule has 1 unspecified atom stereocenters. The highest BCUT2D eigenvalue weighted by atomic mass is 19.4. The molecule has 0 aliphatic carbocycles. The minimum atomic E-state index is -4.31. The van der Waals surface area contributed by atoms with E-state index in [-0.39, 0.29) is 11.8 Å². The van der Waals surface area contributed by atoms with Crippen LogP contribution in [0, 0.1) is 0 Å². The molecule has 0 saturated carbocycles. The number of hydrogen-bond donors (Lipinski definition) is 0. The van der Waals surface area contributed by atoms with E-state index in [1.807, 2.05) is 0 Å². The molecule has 1 atom stereocenters. The van der Waals surface area contributed by atoms with Crippen LogP contribution >= 0.6 is 0 Å². The van der Waals surface area contributed by atoms with Crippen molar-refractivity contribution in [2.45, 2.75) is 51.4 Å². The van der Waals surface area contributed by atoms with Crippen molar-refractivity contribution >= 4 is 5.78 Å². The Labute approximate surface area is 122 Å². The van der Waals surface area contributed by atoms with Crippen LogP contribution in [0.5, 0.6) is 0 Å². The number of ketones is 1. The Balaban J connectivity index is 2.10. The number of rotatable bonds is 4. The summed E-state index contributed by atoms with van der Waals surface area (Å²) in [5, 5.41) is 0. The highest BCUT2D eigenvalue weighted by molar-refractivity contribution is 5.76. The van der Waals surface area contributed by atoms with Crippen molar-refractivity contribution in [3.63, 3.8) is 0 Å². The zero-order chi connectivity index (χ0) is 15.5. The second-order valence-electron chi connectivity index (χ2n) is 5.72. The lowest BCUT2D eigenvalue weighted by Gasteiger charge is -2.35. The molecule has 0 radical (unpaired) electrons. The number of likely N-dealkylation sites (tertiary alicyclic amines) is 1. The number of Topliss-reactive ketones (excluding diaryl/α,β-unsaturated/α-hetero) is 1. The predicted octanol–water partition coefficient (Wildman–Crippen LogP) is 4.04. The van der Waals surface area contributed by atoms with E-state index in [1.165, 1.54) is 12.1 Å². The van der Waals surface area contributed by atoms with Gasteiger partial charge in [-0.2, -0.15) is 13.2 Å². The lowest BCUT2D eigenvalue weighted by atomic mass is 9.97. The first-order chi connectivity index (χ1) is 9.86. The minimum absolute atomic E-state index is 0.135. The van der Waals surface area contributed by atoms with E-state index in [1.54, 1.807) is 13.0 Å². The van der Waals surface area contributed by atoms with Crippen molar-refractivity contribution in [1.82, 2.24) is 4.90 Å². The van der Waals surface area contributed by atoms with E-state index in [0.717, 1.165) is 31.9 Å². The quantitative estimate of drug-likeness (QED) is 0.836. The SMILES string of the molecule is CC(=O)CC1CCCCN1Cc1cccc(C(F)(F)F)c1. The van der Waals surface area contributed by atoms with Gasteiger partial charge in [-0.05, 0) is 37.9 Å². The third-order valence-corrected chi connectivity index (χ3v) is 3.91. The Hall–Kier alpha value is -1.36. The topological polar surface area (TPSA) is 20.3 Å². The molecule has 1 aromatic carbocycles. The highest BCUT2D eigenvalue weighted by Crippen LogP contribution is 2.30. The van der Waals surface area contributed by atoms with Crippen LogP contribution in [0.1, 0.15) is 43.7 Å². The molecule has 0 spiro atoms. The average molecular weight is 299 g/mol. The fourth-order valence-corrected chi connectivity index (χ4v) is 2.91. The average Bonchev–Trinajstić information content (AvgIpc) is 2.40. The molecule has 0 amide bonds. The number of piperidine rings is 1. The maximum atomic E-state index is 12.7. The molecule has 0 aromatic heterocycles. The van der Waals surface area contributed by atoms with E-state index < -0.39 is 11.7 Å². The van der Waals surface area contributed by atoms with Crippen LogP contribution in [0.25, 0.3) is 0 Å². The molecule has 1 aliphatic heterocycles. The fourth-order valence-electron chi connectivity index (χ4n) is 2.91. The van der Waals surface area contributed by atoms with Crippen molar-refractivity contribution in [2.24, 2.45) is 0 Å². The summed E-state index contributed by atoms with van der Waals surface area (Å²) in [6, 6.07) is 5.62. The molecule has 1 aromatic rings. The Bertz CT molecular complexity index is 499. The maximum Gasteiger partial charge on any atom is 0.416 e. The van der Waals surface area contributed by atoms with Gasteiger partial charge in [0, 0.05) is 19.0 Å². The molecule has 2 nitrogen and oxygen atoms in total. The first kappa shape index (κ1) is 16.0. The number of alkyl halides is 3. The number of hydrogen-bond acceptors (Lipinski definition) is 2. The zero-order valence-corrected chi connectivity index (χ0v) is 12.1. The summed E-state index contributed by atoms with van der Waals surface area (Å²) in [4.78, 5) is 13.5. The third kappa shape index (κ3) is 4.56. The van der Waals surface area contributed by atoms with Gasteiger partial charge < -0.3 is 0 Å². The lowest BCUT2D eigenvalue weighted by Crippen LogP contribution is -2.40. The van der Waals surface area contributed by atoms with Crippen molar-refractivity contribution in [3.05, 3.63) is 35.4 Å². The second-order valence-corrected chi connectivity index (χ2v) is 5.72. The van der Waals surface area contributed by atoms with Crippen LogP contribution < -0.4 is 0 Å². The van der Waals surface area contributed by atoms with Gasteiger partial charge >= 0.3 is 6.18 Å². The van der Waals surface area contributed by atoms with Crippen LogP contribution in [0.3, 0.4) is 0 Å². The zero-order valence-electron chi connectivity index (χ0n) is 12.1. The van der Waals surface area contributed by atoms with Crippen LogP contribution in [0.4, 0.5) is 13.2 Å². The van der Waals surface area contributed by atoms with Crippen LogP contribution in [0.15, 0.2) is 24.3 Å². The summed E-state index contributed by atoms with van der Waals surface area (Å²) in [6.45, 7) is 2.88. The molecule has 21 heavy (non-hydrogen) atoms. The van der Waals surface area contributed by atoms with Gasteiger partial charge in [0.1, 0.15) is 5.78 Å². The number of carbonyl (C=O) groups excluding carboxylic acids is 1. The number of carbonyl (C=O) groups is 1. The van der Waals surface area contributed by atoms with Crippen molar-refractivity contribution in [3.8, 4) is 0 Å². The number of nitrogens with zero attached hydrogens (tertiary/aromatic N) is 1. The number of benzene rings is 1. The van der Waals surface area contributed by atoms with Gasteiger partial charge in [0.15, 0.2) is 0 Å². The molecule has 2 rings (SSSR count). The standard InChI is InChI=1S/C16H20F3NO/c1-12(21)9-15-7-2-3-8-20(15)11-13-5-4-6-14(10-13)16(17,18)19/h4-6,10,15H,2-3,7-9,11H2,1H3. The summed E-state index contributed by atoms with van der Waals surface area (Å²) in [7, 11) is 0. The van der Waals surface area contributed by atoms with Gasteiger partial charge in [-0.25, -0.2) is 0 Å². The molecular weight excluding hydrogens is 279 g/mol. The Kier molecular flexibility index (Phi) is 5.04. The van der Waals surface area contributed by atoms with Crippen LogP contribution in [-0.4, -0.2) is 23.3 Å². The van der Waals surface area contributed by atoms with Gasteiger partial charge in [-0.3, -0.25) is 9.69 Å². The summed E-state index contributed by atoms with van der Waals surface area (Å²) in [5.74, 6) is 0.135. The van der Waals surface area contributed by atoms with Crippen LogP contribution in [0.2, 0.25) is 0 Å². The molecule has 5 heteroatoms. The summed E-state index contributed by atoms with van der Waals surface area (Å²) in [5.41, 5.74) is 0.0420. The number of halogens is 3. The molecule has 116 valence electrons. The van der Waals surface area contributed by atoms with E-state index in [9.17, 15) is 18.0 Å². The monoisotopic (exact) mass is 299 g/mol. The second kappa shape index (κ2) is 6.60. The molecule has 1 saturated heterocycles.